The predicted molar refractivity (Wildman–Crippen MR) is 102 cm³/mol. The average molecular weight is 449 g/mol. The fourth-order valence-corrected chi connectivity index (χ4v) is 3.04. The zero-order chi connectivity index (χ0) is 20.4. The molecule has 8 heteroatoms. The van der Waals surface area contributed by atoms with Crippen molar-refractivity contribution in [2.75, 3.05) is 7.11 Å². The summed E-state index contributed by atoms with van der Waals surface area (Å²) in [5, 5.41) is 0.440. The van der Waals surface area contributed by atoms with Crippen LogP contribution < -0.4 is 10.4 Å². The number of hydrogen-bond acceptors (Lipinski definition) is 6. The molecule has 1 atom stereocenters. The molecule has 28 heavy (non-hydrogen) atoms. The molecular weight excluding hydrogens is 435 g/mol. The van der Waals surface area contributed by atoms with E-state index >= 15 is 0 Å². The number of ether oxygens (including phenoxy) is 2. The number of ketones is 1. The van der Waals surface area contributed by atoms with Crippen LogP contribution in [0.25, 0.3) is 11.0 Å². The first-order valence-corrected chi connectivity index (χ1v) is 8.91. The van der Waals surface area contributed by atoms with E-state index in [-0.39, 0.29) is 16.7 Å². The minimum atomic E-state index is -1.18. The van der Waals surface area contributed by atoms with E-state index in [1.807, 2.05) is 0 Å². The normalized spacial score (nSPS) is 11.9. The van der Waals surface area contributed by atoms with Crippen LogP contribution in [0.5, 0.6) is 5.75 Å². The maximum Gasteiger partial charge on any atom is 0.351 e. The van der Waals surface area contributed by atoms with Crippen LogP contribution in [-0.4, -0.2) is 25.0 Å². The van der Waals surface area contributed by atoms with Crippen molar-refractivity contribution in [3.05, 3.63) is 74.3 Å². The number of Topliss-reactive ketones (excluding diaryl/α,β-unsaturated/α-hetero) is 1. The standard InChI is InChI=1S/C20H14BrFO6/c1-10(17(23)11-3-5-14(22)6-4-11)27-19(24)15-8-12-7-13(21)9-16(26-2)18(12)28-20(15)25/h3-10H,1-2H3. The average Bonchev–Trinajstić information content (AvgIpc) is 2.67. The molecule has 144 valence electrons. The van der Waals surface area contributed by atoms with Crippen LogP contribution >= 0.6 is 15.9 Å². The number of methoxy groups -OCH3 is 1. The fraction of sp³-hybridized carbons (Fsp3) is 0.150. The van der Waals surface area contributed by atoms with E-state index < -0.39 is 29.3 Å². The Bertz CT molecular complexity index is 1120. The Kier molecular flexibility index (Phi) is 5.60. The van der Waals surface area contributed by atoms with Gasteiger partial charge >= 0.3 is 11.6 Å². The summed E-state index contributed by atoms with van der Waals surface area (Å²) in [7, 11) is 1.42. The third-order valence-electron chi connectivity index (χ3n) is 3.98. The summed E-state index contributed by atoms with van der Waals surface area (Å²) in [6, 6.07) is 9.41. The van der Waals surface area contributed by atoms with Gasteiger partial charge in [-0.15, -0.1) is 0 Å². The molecule has 0 saturated heterocycles. The zero-order valence-corrected chi connectivity index (χ0v) is 16.4. The number of benzene rings is 2. The molecule has 2 aromatic carbocycles. The van der Waals surface area contributed by atoms with Gasteiger partial charge in [0, 0.05) is 15.4 Å². The molecule has 1 aromatic heterocycles. The van der Waals surface area contributed by atoms with Gasteiger partial charge in [0.25, 0.3) is 0 Å². The van der Waals surface area contributed by atoms with E-state index in [2.05, 4.69) is 15.9 Å². The molecular formula is C20H14BrFO6. The van der Waals surface area contributed by atoms with Gasteiger partial charge in [-0.1, -0.05) is 15.9 Å². The summed E-state index contributed by atoms with van der Waals surface area (Å²) >= 11 is 3.31. The number of hydrogen-bond donors (Lipinski definition) is 0. The van der Waals surface area contributed by atoms with Crippen LogP contribution in [0.3, 0.4) is 0 Å². The van der Waals surface area contributed by atoms with Crippen molar-refractivity contribution >= 4 is 38.7 Å². The molecule has 3 aromatic rings. The van der Waals surface area contributed by atoms with Gasteiger partial charge in [0.05, 0.1) is 7.11 Å². The summed E-state index contributed by atoms with van der Waals surface area (Å²) in [6.07, 6.45) is -1.18. The molecule has 0 aliphatic carbocycles. The number of carbonyl (C=O) groups is 2. The Labute approximate surface area is 167 Å². The highest BCUT2D eigenvalue weighted by Crippen LogP contribution is 2.29. The summed E-state index contributed by atoms with van der Waals surface area (Å²) in [5.74, 6) is -1.70. The molecule has 0 radical (unpaired) electrons. The zero-order valence-electron chi connectivity index (χ0n) is 14.8. The second-order valence-electron chi connectivity index (χ2n) is 5.89. The van der Waals surface area contributed by atoms with Gasteiger partial charge in [0.15, 0.2) is 17.4 Å². The molecule has 0 N–H and O–H groups in total. The second-order valence-corrected chi connectivity index (χ2v) is 6.81. The summed E-state index contributed by atoms with van der Waals surface area (Å²) < 4.78 is 29.1. The largest absolute Gasteiger partial charge is 0.493 e. The third-order valence-corrected chi connectivity index (χ3v) is 4.44. The lowest BCUT2D eigenvalue weighted by Gasteiger charge is -2.12. The van der Waals surface area contributed by atoms with Gasteiger partial charge in [-0.25, -0.2) is 14.0 Å². The maximum atomic E-state index is 13.0. The topological polar surface area (TPSA) is 82.8 Å². The van der Waals surface area contributed by atoms with Gasteiger partial charge in [0.1, 0.15) is 11.4 Å². The smallest absolute Gasteiger partial charge is 0.351 e. The summed E-state index contributed by atoms with van der Waals surface area (Å²) in [6.45, 7) is 1.37. The minimum Gasteiger partial charge on any atom is -0.493 e. The van der Waals surface area contributed by atoms with Gasteiger partial charge in [0.2, 0.25) is 5.78 Å². The Balaban J connectivity index is 1.88. The quantitative estimate of drug-likeness (QED) is 0.331. The lowest BCUT2D eigenvalue weighted by atomic mass is 10.1. The van der Waals surface area contributed by atoms with Gasteiger partial charge in [-0.05, 0) is 49.4 Å². The first-order valence-electron chi connectivity index (χ1n) is 8.12. The molecule has 1 unspecified atom stereocenters. The highest BCUT2D eigenvalue weighted by molar-refractivity contribution is 9.10. The van der Waals surface area contributed by atoms with E-state index in [0.717, 1.165) is 12.1 Å². The van der Waals surface area contributed by atoms with Crippen LogP contribution in [0, 0.1) is 5.82 Å². The fourth-order valence-electron chi connectivity index (χ4n) is 2.59. The van der Waals surface area contributed by atoms with E-state index in [9.17, 15) is 18.8 Å². The third kappa shape index (κ3) is 3.96. The van der Waals surface area contributed by atoms with E-state index in [4.69, 9.17) is 13.9 Å². The van der Waals surface area contributed by atoms with E-state index in [1.165, 1.54) is 32.2 Å². The molecule has 0 fully saturated rings. The van der Waals surface area contributed by atoms with Gasteiger partial charge < -0.3 is 13.9 Å². The van der Waals surface area contributed by atoms with E-state index in [0.29, 0.717) is 15.6 Å². The lowest BCUT2D eigenvalue weighted by Crippen LogP contribution is -2.27. The molecule has 1 heterocycles. The number of esters is 1. The van der Waals surface area contributed by atoms with Gasteiger partial charge in [-0.3, -0.25) is 4.79 Å². The number of carbonyl (C=O) groups excluding carboxylic acids is 2. The highest BCUT2D eigenvalue weighted by atomic mass is 79.9. The van der Waals surface area contributed by atoms with Crippen molar-refractivity contribution < 1.29 is 27.9 Å². The first-order chi connectivity index (χ1) is 13.3. The second kappa shape index (κ2) is 7.93. The van der Waals surface area contributed by atoms with Crippen molar-refractivity contribution in [2.45, 2.75) is 13.0 Å². The molecule has 3 rings (SSSR count). The van der Waals surface area contributed by atoms with Crippen molar-refractivity contribution in [1.82, 2.24) is 0 Å². The Morgan fingerprint density at radius 2 is 1.82 bits per heavy atom. The Morgan fingerprint density at radius 1 is 1.14 bits per heavy atom. The van der Waals surface area contributed by atoms with Crippen LogP contribution in [0.2, 0.25) is 0 Å². The molecule has 0 saturated carbocycles. The Hall–Kier alpha value is -3.00. The van der Waals surface area contributed by atoms with Crippen LogP contribution in [0.4, 0.5) is 4.39 Å². The first kappa shape index (κ1) is 19.8. The molecule has 6 nitrogen and oxygen atoms in total. The maximum absolute atomic E-state index is 13.0. The monoisotopic (exact) mass is 448 g/mol. The van der Waals surface area contributed by atoms with Crippen molar-refractivity contribution in [1.29, 1.82) is 0 Å². The highest BCUT2D eigenvalue weighted by Gasteiger charge is 2.23. The molecule has 0 spiro atoms. The van der Waals surface area contributed by atoms with E-state index in [1.54, 1.807) is 12.1 Å². The Morgan fingerprint density at radius 3 is 2.46 bits per heavy atom. The van der Waals surface area contributed by atoms with Gasteiger partial charge in [-0.2, -0.15) is 0 Å². The molecule has 0 aliphatic heterocycles. The molecule has 0 bridgehead atoms. The number of rotatable bonds is 5. The van der Waals surface area contributed by atoms with Crippen molar-refractivity contribution in [3.8, 4) is 5.75 Å². The number of halogens is 2. The number of fused-ring (bicyclic) bond motifs is 1. The predicted octanol–water partition coefficient (Wildman–Crippen LogP) is 4.13. The van der Waals surface area contributed by atoms with Crippen LogP contribution in [-0.2, 0) is 4.74 Å². The molecule has 0 aliphatic rings. The SMILES string of the molecule is COc1cc(Br)cc2cc(C(=O)OC(C)C(=O)c3ccc(F)cc3)c(=O)oc12. The lowest BCUT2D eigenvalue weighted by molar-refractivity contribution is 0.0315. The molecule has 0 amide bonds. The van der Waals surface area contributed by atoms with Crippen LogP contribution in [0.15, 0.2) is 56.1 Å². The summed E-state index contributed by atoms with van der Waals surface area (Å²) in [5.41, 5.74) is -0.908. The minimum absolute atomic E-state index is 0.181. The van der Waals surface area contributed by atoms with Crippen molar-refractivity contribution in [3.63, 3.8) is 0 Å². The van der Waals surface area contributed by atoms with Crippen molar-refractivity contribution in [2.24, 2.45) is 0 Å². The summed E-state index contributed by atoms with van der Waals surface area (Å²) in [4.78, 5) is 37.0. The van der Waals surface area contributed by atoms with Crippen LogP contribution in [0.1, 0.15) is 27.6 Å².